The molecule has 6 unspecified atom stereocenters. The van der Waals surface area contributed by atoms with Crippen LogP contribution in [0, 0.1) is 24.6 Å². The van der Waals surface area contributed by atoms with Crippen LogP contribution in [0.5, 0.6) is 11.6 Å². The van der Waals surface area contributed by atoms with E-state index in [1.807, 2.05) is 45.2 Å². The van der Waals surface area contributed by atoms with E-state index < -0.39 is 62.0 Å². The minimum Gasteiger partial charge on any atom is -0.496 e. The molecule has 14 nitrogen and oxygen atoms in total. The van der Waals surface area contributed by atoms with Gasteiger partial charge in [0.25, 0.3) is 5.91 Å². The van der Waals surface area contributed by atoms with Gasteiger partial charge in [0, 0.05) is 23.1 Å². The maximum Gasteiger partial charge on any atom is 0.259 e. The standard InChI is InChI=1S/C46H60FN7O7S2/c1-9-11-16-34(48-30-15-12-14-29(47)21-30)43(56)54-24-31(61-41-32-17-18-37(60-8)28(6)38(32)50-39(51-41)42-49-35(25-62-42)26(3)4)22-36(54)40(55)52-46(23-33(46)27(5)13-10-2)44(57)53-63(58,59)45(7)19-20-45/h12,14-15,17-18,21,25-27,31,33-34,36,48H,9-11,13,16,19-20,22-24H2,1-8H3,(H,52,55)(H,53,57). The average Bonchev–Trinajstić information content (AvgIpc) is 4.04. The highest BCUT2D eigenvalue weighted by Gasteiger charge is 2.65. The number of carbonyl (C=O) groups excluding carboxylic acids is 3. The number of nitrogens with one attached hydrogen (secondary N) is 3. The van der Waals surface area contributed by atoms with Crippen molar-refractivity contribution < 1.29 is 36.7 Å². The topological polar surface area (TPSA) is 182 Å². The first-order valence-corrected chi connectivity index (χ1v) is 24.5. The van der Waals surface area contributed by atoms with Crippen molar-refractivity contribution in [3.05, 3.63) is 58.9 Å². The molecular weight excluding hydrogens is 846 g/mol. The Hall–Kier alpha value is -4.90. The van der Waals surface area contributed by atoms with Crippen LogP contribution < -0.4 is 24.8 Å². The highest BCUT2D eigenvalue weighted by atomic mass is 32.2. The lowest BCUT2D eigenvalue weighted by Gasteiger charge is -2.30. The van der Waals surface area contributed by atoms with Crippen LogP contribution in [-0.2, 0) is 24.4 Å². The number of thiazole rings is 1. The van der Waals surface area contributed by atoms with Gasteiger partial charge in [0.15, 0.2) is 10.8 Å². The fourth-order valence-electron chi connectivity index (χ4n) is 8.70. The number of sulfonamides is 1. The van der Waals surface area contributed by atoms with Crippen molar-refractivity contribution in [3.63, 3.8) is 0 Å². The number of halogens is 1. The van der Waals surface area contributed by atoms with Gasteiger partial charge >= 0.3 is 0 Å². The fourth-order valence-corrected chi connectivity index (χ4v) is 10.9. The van der Waals surface area contributed by atoms with Crippen LogP contribution >= 0.6 is 11.3 Å². The van der Waals surface area contributed by atoms with Crippen LogP contribution in [0.2, 0.25) is 0 Å². The number of nitrogens with zero attached hydrogens (tertiary/aromatic N) is 4. The number of benzene rings is 2. The smallest absolute Gasteiger partial charge is 0.259 e. The number of anilines is 1. The molecular formula is C46H60FN7O7S2. The van der Waals surface area contributed by atoms with Gasteiger partial charge in [-0.25, -0.2) is 22.8 Å². The number of likely N-dealkylation sites (tertiary alicyclic amines) is 1. The lowest BCUT2D eigenvalue weighted by atomic mass is 9.96. The molecule has 3 fully saturated rings. The van der Waals surface area contributed by atoms with E-state index in [4.69, 9.17) is 24.4 Å². The Morgan fingerprint density at radius 2 is 1.81 bits per heavy atom. The van der Waals surface area contributed by atoms with Crippen molar-refractivity contribution in [3.8, 4) is 22.5 Å². The highest BCUT2D eigenvalue weighted by Crippen LogP contribution is 2.51. The molecule has 17 heteroatoms. The van der Waals surface area contributed by atoms with Crippen LogP contribution in [0.3, 0.4) is 0 Å². The van der Waals surface area contributed by atoms with Gasteiger partial charge in [0.1, 0.15) is 35.3 Å². The van der Waals surface area contributed by atoms with E-state index in [-0.39, 0.29) is 43.0 Å². The predicted molar refractivity (Wildman–Crippen MR) is 242 cm³/mol. The minimum atomic E-state index is -4.01. The molecule has 3 aliphatic rings. The quantitative estimate of drug-likeness (QED) is 0.0841. The highest BCUT2D eigenvalue weighted by molar-refractivity contribution is 7.91. The lowest BCUT2D eigenvalue weighted by Crippen LogP contribution is -2.58. The molecule has 2 aliphatic carbocycles. The van der Waals surface area contributed by atoms with Crippen LogP contribution in [0.1, 0.15) is 117 Å². The van der Waals surface area contributed by atoms with Crippen molar-refractivity contribution in [2.45, 2.75) is 141 Å². The molecule has 3 N–H and O–H groups in total. The summed E-state index contributed by atoms with van der Waals surface area (Å²) in [5.41, 5.74) is 1.19. The number of aryl methyl sites for hydroxylation is 1. The number of carbonyl (C=O) groups is 3. The van der Waals surface area contributed by atoms with Crippen molar-refractivity contribution >= 4 is 55.7 Å². The summed E-state index contributed by atoms with van der Waals surface area (Å²) in [7, 11) is -2.42. The van der Waals surface area contributed by atoms with E-state index in [0.29, 0.717) is 58.9 Å². The number of unbranched alkanes of at least 4 members (excludes halogenated alkanes) is 1. The summed E-state index contributed by atoms with van der Waals surface area (Å²) >= 11 is 1.42. The zero-order valence-electron chi connectivity index (χ0n) is 37.4. The number of ether oxygens (including phenoxy) is 2. The number of hydrogen-bond donors (Lipinski definition) is 3. The molecule has 3 amide bonds. The number of methoxy groups -OCH3 is 1. The summed E-state index contributed by atoms with van der Waals surface area (Å²) in [6.07, 6.45) is 3.88. The molecule has 3 heterocycles. The number of amides is 3. The Balaban J connectivity index is 1.25. The molecule has 0 radical (unpaired) electrons. The Labute approximate surface area is 373 Å². The third kappa shape index (κ3) is 9.50. The Bertz CT molecular complexity index is 2480. The summed E-state index contributed by atoms with van der Waals surface area (Å²) < 4.78 is 54.8. The van der Waals surface area contributed by atoms with Gasteiger partial charge in [0.05, 0.1) is 35.0 Å². The normalized spacial score (nSPS) is 22.4. The van der Waals surface area contributed by atoms with Gasteiger partial charge < -0.3 is 25.0 Å². The molecule has 7 rings (SSSR count). The van der Waals surface area contributed by atoms with Crippen LogP contribution in [0.4, 0.5) is 10.1 Å². The second-order valence-electron chi connectivity index (χ2n) is 18.1. The molecule has 0 bridgehead atoms. The van der Waals surface area contributed by atoms with E-state index in [9.17, 15) is 27.2 Å². The zero-order valence-corrected chi connectivity index (χ0v) is 39.1. The van der Waals surface area contributed by atoms with Gasteiger partial charge in [-0.3, -0.25) is 19.1 Å². The summed E-state index contributed by atoms with van der Waals surface area (Å²) in [4.78, 5) is 60.0. The number of aromatic nitrogens is 3. The molecule has 0 spiro atoms. The van der Waals surface area contributed by atoms with E-state index in [0.717, 1.165) is 30.5 Å². The Morgan fingerprint density at radius 3 is 2.46 bits per heavy atom. The molecule has 63 heavy (non-hydrogen) atoms. The van der Waals surface area contributed by atoms with Crippen LogP contribution in [0.25, 0.3) is 21.7 Å². The van der Waals surface area contributed by atoms with E-state index in [2.05, 4.69) is 29.2 Å². The van der Waals surface area contributed by atoms with E-state index in [1.165, 1.54) is 28.4 Å². The molecule has 340 valence electrons. The third-order valence-electron chi connectivity index (χ3n) is 13.0. The molecule has 2 aromatic heterocycles. The monoisotopic (exact) mass is 905 g/mol. The zero-order chi connectivity index (χ0) is 45.4. The van der Waals surface area contributed by atoms with Crippen molar-refractivity contribution in [1.82, 2.24) is 29.9 Å². The largest absolute Gasteiger partial charge is 0.496 e. The summed E-state index contributed by atoms with van der Waals surface area (Å²) in [5, 5.41) is 9.41. The lowest BCUT2D eigenvalue weighted by molar-refractivity contribution is -0.140. The predicted octanol–water partition coefficient (Wildman–Crippen LogP) is 7.66. The van der Waals surface area contributed by atoms with Crippen LogP contribution in [-0.4, -0.2) is 88.1 Å². The molecule has 4 aromatic rings. The molecule has 1 saturated heterocycles. The third-order valence-corrected chi connectivity index (χ3v) is 16.0. The first-order valence-electron chi connectivity index (χ1n) is 22.1. The summed E-state index contributed by atoms with van der Waals surface area (Å²) in [6, 6.07) is 7.55. The van der Waals surface area contributed by atoms with E-state index >= 15 is 0 Å². The SMILES string of the molecule is CCCCC(Nc1cccc(F)c1)C(=O)N1CC(Oc2nc(-c3nc(C(C)C)cs3)nc3c(C)c(OC)ccc23)CC1C(=O)NC1(C(=O)NS(=O)(=O)C2(C)CC2)CC1C(C)CCC. The number of hydrogen-bond acceptors (Lipinski definition) is 12. The average molecular weight is 906 g/mol. The summed E-state index contributed by atoms with van der Waals surface area (Å²) in [5.74, 6) is -1.12. The second kappa shape index (κ2) is 18.3. The fraction of sp³-hybridized carbons (Fsp3) is 0.565. The van der Waals surface area contributed by atoms with Gasteiger partial charge in [-0.2, -0.15) is 4.98 Å². The molecule has 6 atom stereocenters. The Kier molecular flexibility index (Phi) is 13.4. The molecule has 1 aliphatic heterocycles. The van der Waals surface area contributed by atoms with Gasteiger partial charge in [0.2, 0.25) is 27.7 Å². The number of rotatable bonds is 19. The number of fused-ring (bicyclic) bond motifs is 1. The maximum absolute atomic E-state index is 14.9. The first-order chi connectivity index (χ1) is 29.9. The van der Waals surface area contributed by atoms with Gasteiger partial charge in [-0.1, -0.05) is 66.4 Å². The maximum atomic E-state index is 14.9. The molecule has 2 aromatic carbocycles. The Morgan fingerprint density at radius 1 is 1.05 bits per heavy atom. The molecule has 2 saturated carbocycles. The van der Waals surface area contributed by atoms with Crippen molar-refractivity contribution in [2.24, 2.45) is 11.8 Å². The second-order valence-corrected chi connectivity index (χ2v) is 21.2. The van der Waals surface area contributed by atoms with Crippen LogP contribution in [0.15, 0.2) is 41.8 Å². The van der Waals surface area contributed by atoms with E-state index in [1.54, 1.807) is 26.2 Å². The minimum absolute atomic E-state index is 0.00308. The first kappa shape index (κ1) is 46.1. The van der Waals surface area contributed by atoms with Gasteiger partial charge in [-0.05, 0) is 87.6 Å². The van der Waals surface area contributed by atoms with Crippen molar-refractivity contribution in [2.75, 3.05) is 19.0 Å². The van der Waals surface area contributed by atoms with Crippen molar-refractivity contribution in [1.29, 1.82) is 0 Å². The summed E-state index contributed by atoms with van der Waals surface area (Å²) in [6.45, 7) is 13.7. The van der Waals surface area contributed by atoms with Gasteiger partial charge in [-0.15, -0.1) is 11.3 Å².